The fourth-order valence-corrected chi connectivity index (χ4v) is 3.96. The van der Waals surface area contributed by atoms with Crippen LogP contribution in [0.3, 0.4) is 0 Å². The number of pyridine rings is 2. The quantitative estimate of drug-likeness (QED) is 0.578. The minimum absolute atomic E-state index is 0.163. The molecule has 4 rings (SSSR count). The average molecular weight is 459 g/mol. The van der Waals surface area contributed by atoms with Crippen molar-refractivity contribution in [2.24, 2.45) is 15.9 Å². The standard InChI is InChI=1S/C23H24F3N5O2/c1-13(2)18-22(33-4)29-17(21(30-18)32-3)12-14-7-8-15(20-28-10-11-31(14)20)19-16(23(24,25)26)6-5-9-27-19/h5-11,13,17-18H,12H2,1-4H3/t17-,18+/m0/s1. The second-order valence-electron chi connectivity index (χ2n) is 8.01. The minimum Gasteiger partial charge on any atom is -0.483 e. The van der Waals surface area contributed by atoms with Gasteiger partial charge in [0.2, 0.25) is 11.8 Å². The summed E-state index contributed by atoms with van der Waals surface area (Å²) < 4.78 is 53.4. The van der Waals surface area contributed by atoms with Crippen LogP contribution in [0.2, 0.25) is 0 Å². The summed E-state index contributed by atoms with van der Waals surface area (Å²) in [7, 11) is 3.11. The number of methoxy groups -OCH3 is 2. The van der Waals surface area contributed by atoms with Gasteiger partial charge < -0.3 is 13.9 Å². The first-order valence-electron chi connectivity index (χ1n) is 10.5. The number of rotatable bonds is 4. The molecule has 0 aromatic carbocycles. The Balaban J connectivity index is 1.75. The van der Waals surface area contributed by atoms with Gasteiger partial charge in [-0.1, -0.05) is 13.8 Å². The van der Waals surface area contributed by atoms with Crippen molar-refractivity contribution < 1.29 is 22.6 Å². The van der Waals surface area contributed by atoms with Crippen LogP contribution in [-0.2, 0) is 22.1 Å². The third-order valence-corrected chi connectivity index (χ3v) is 5.54. The molecule has 0 fully saturated rings. The molecule has 0 saturated carbocycles. The highest BCUT2D eigenvalue weighted by atomic mass is 19.4. The maximum atomic E-state index is 13.6. The van der Waals surface area contributed by atoms with E-state index >= 15 is 0 Å². The minimum atomic E-state index is -4.53. The van der Waals surface area contributed by atoms with E-state index in [0.29, 0.717) is 29.4 Å². The van der Waals surface area contributed by atoms with Crippen molar-refractivity contribution in [2.45, 2.75) is 38.5 Å². The number of fused-ring (bicyclic) bond motifs is 1. The lowest BCUT2D eigenvalue weighted by molar-refractivity contribution is -0.137. The van der Waals surface area contributed by atoms with Gasteiger partial charge in [0.1, 0.15) is 17.7 Å². The second kappa shape index (κ2) is 8.84. The lowest BCUT2D eigenvalue weighted by Gasteiger charge is -2.27. The van der Waals surface area contributed by atoms with Gasteiger partial charge in [-0.05, 0) is 30.2 Å². The molecule has 0 amide bonds. The molecule has 0 unspecified atom stereocenters. The molecule has 10 heteroatoms. The molecule has 1 aliphatic rings. The highest BCUT2D eigenvalue weighted by Crippen LogP contribution is 2.37. The number of imidazole rings is 1. The van der Waals surface area contributed by atoms with Gasteiger partial charge in [-0.25, -0.2) is 15.0 Å². The fourth-order valence-electron chi connectivity index (χ4n) is 3.96. The molecule has 0 aliphatic carbocycles. The van der Waals surface area contributed by atoms with E-state index in [1.54, 1.807) is 43.1 Å². The number of alkyl halides is 3. The maximum absolute atomic E-state index is 13.6. The Labute approximate surface area is 189 Å². The highest BCUT2D eigenvalue weighted by molar-refractivity contribution is 5.94. The van der Waals surface area contributed by atoms with Gasteiger partial charge in [0.05, 0.1) is 25.5 Å². The predicted octanol–water partition coefficient (Wildman–Crippen LogP) is 4.45. The molecule has 4 heterocycles. The van der Waals surface area contributed by atoms with Gasteiger partial charge in [-0.2, -0.15) is 13.2 Å². The van der Waals surface area contributed by atoms with Crippen LogP contribution in [0.1, 0.15) is 25.1 Å². The first kappa shape index (κ1) is 22.8. The van der Waals surface area contributed by atoms with E-state index in [1.807, 2.05) is 13.8 Å². The first-order valence-corrected chi connectivity index (χ1v) is 10.5. The Morgan fingerprint density at radius 3 is 2.42 bits per heavy atom. The number of ether oxygens (including phenoxy) is 2. The van der Waals surface area contributed by atoms with Crippen LogP contribution in [0.5, 0.6) is 0 Å². The molecule has 174 valence electrons. The Bertz CT molecular complexity index is 1220. The van der Waals surface area contributed by atoms with Gasteiger partial charge in [0.25, 0.3) is 0 Å². The van der Waals surface area contributed by atoms with Crippen LogP contribution >= 0.6 is 0 Å². The summed E-state index contributed by atoms with van der Waals surface area (Å²) in [5.41, 5.74) is 0.482. The van der Waals surface area contributed by atoms with Crippen LogP contribution < -0.4 is 0 Å². The van der Waals surface area contributed by atoms with Crippen LogP contribution in [0.15, 0.2) is 52.8 Å². The Morgan fingerprint density at radius 2 is 1.76 bits per heavy atom. The van der Waals surface area contributed by atoms with Crippen molar-refractivity contribution >= 4 is 17.4 Å². The number of nitrogens with zero attached hydrogens (tertiary/aromatic N) is 5. The van der Waals surface area contributed by atoms with Gasteiger partial charge >= 0.3 is 6.18 Å². The van der Waals surface area contributed by atoms with Gasteiger partial charge in [-0.3, -0.25) is 4.98 Å². The summed E-state index contributed by atoms with van der Waals surface area (Å²) in [6, 6.07) is 4.99. The van der Waals surface area contributed by atoms with E-state index < -0.39 is 17.8 Å². The SMILES string of the molecule is COC1=N[C@H](C(C)C)C(OC)=N[C@H]1Cc1ccc(-c2ncccc2C(F)(F)F)c2nccn12. The Morgan fingerprint density at radius 1 is 1.00 bits per heavy atom. The predicted molar refractivity (Wildman–Crippen MR) is 118 cm³/mol. The molecule has 3 aromatic rings. The van der Waals surface area contributed by atoms with Gasteiger partial charge in [-0.15, -0.1) is 0 Å². The number of halogens is 3. The molecular weight excluding hydrogens is 435 g/mol. The molecule has 0 bridgehead atoms. The number of aliphatic imine (C=N–C) groups is 2. The van der Waals surface area contributed by atoms with Gasteiger partial charge in [0.15, 0.2) is 0 Å². The average Bonchev–Trinajstić information content (AvgIpc) is 3.28. The third kappa shape index (κ3) is 4.29. The topological polar surface area (TPSA) is 73.4 Å². The van der Waals surface area contributed by atoms with Crippen molar-refractivity contribution in [2.75, 3.05) is 14.2 Å². The summed E-state index contributed by atoms with van der Waals surface area (Å²) in [4.78, 5) is 17.7. The number of hydrogen-bond donors (Lipinski definition) is 0. The molecule has 2 atom stereocenters. The van der Waals surface area contributed by atoms with E-state index in [4.69, 9.17) is 14.5 Å². The number of hydrogen-bond acceptors (Lipinski definition) is 6. The van der Waals surface area contributed by atoms with E-state index in [0.717, 1.165) is 11.8 Å². The lowest BCUT2D eigenvalue weighted by Crippen LogP contribution is -2.38. The zero-order chi connectivity index (χ0) is 23.8. The Kier molecular flexibility index (Phi) is 6.09. The van der Waals surface area contributed by atoms with Crippen molar-refractivity contribution in [3.8, 4) is 11.3 Å². The zero-order valence-electron chi connectivity index (χ0n) is 18.7. The second-order valence-corrected chi connectivity index (χ2v) is 8.01. The largest absolute Gasteiger partial charge is 0.483 e. The molecule has 0 radical (unpaired) electrons. The van der Waals surface area contributed by atoms with Crippen molar-refractivity contribution in [3.05, 3.63) is 54.1 Å². The summed E-state index contributed by atoms with van der Waals surface area (Å²) >= 11 is 0. The summed E-state index contributed by atoms with van der Waals surface area (Å²) in [6.07, 6.45) is 0.452. The van der Waals surface area contributed by atoms with Gasteiger partial charge in [0, 0.05) is 36.3 Å². The molecular formula is C23H24F3N5O2. The third-order valence-electron chi connectivity index (χ3n) is 5.54. The normalized spacial score (nSPS) is 18.9. The summed E-state index contributed by atoms with van der Waals surface area (Å²) in [5, 5.41) is 0. The fraction of sp³-hybridized carbons (Fsp3) is 0.391. The molecule has 33 heavy (non-hydrogen) atoms. The lowest BCUT2D eigenvalue weighted by atomic mass is 10.0. The van der Waals surface area contributed by atoms with E-state index in [1.165, 1.54) is 12.3 Å². The maximum Gasteiger partial charge on any atom is 0.418 e. The summed E-state index contributed by atoms with van der Waals surface area (Å²) in [6.45, 7) is 4.05. The van der Waals surface area contributed by atoms with Crippen LogP contribution in [0.4, 0.5) is 13.2 Å². The molecule has 0 saturated heterocycles. The molecule has 7 nitrogen and oxygen atoms in total. The van der Waals surface area contributed by atoms with E-state index in [9.17, 15) is 13.2 Å². The molecule has 0 N–H and O–H groups in total. The molecule has 3 aromatic heterocycles. The molecule has 0 spiro atoms. The summed E-state index contributed by atoms with van der Waals surface area (Å²) in [5.74, 6) is 1.18. The first-order chi connectivity index (χ1) is 15.7. The monoisotopic (exact) mass is 459 g/mol. The van der Waals surface area contributed by atoms with Crippen molar-refractivity contribution in [3.63, 3.8) is 0 Å². The van der Waals surface area contributed by atoms with Crippen LogP contribution in [0.25, 0.3) is 16.9 Å². The van der Waals surface area contributed by atoms with Crippen molar-refractivity contribution in [1.82, 2.24) is 14.4 Å². The van der Waals surface area contributed by atoms with Crippen LogP contribution in [0, 0.1) is 5.92 Å². The van der Waals surface area contributed by atoms with E-state index in [-0.39, 0.29) is 17.7 Å². The van der Waals surface area contributed by atoms with Crippen molar-refractivity contribution in [1.29, 1.82) is 0 Å². The molecule has 1 aliphatic heterocycles. The highest BCUT2D eigenvalue weighted by Gasteiger charge is 2.35. The Hall–Kier alpha value is -3.43. The van der Waals surface area contributed by atoms with Crippen LogP contribution in [-0.4, -0.2) is 52.5 Å². The smallest absolute Gasteiger partial charge is 0.418 e. The number of aromatic nitrogens is 3. The zero-order valence-corrected chi connectivity index (χ0v) is 18.7. The van der Waals surface area contributed by atoms with E-state index in [2.05, 4.69) is 15.0 Å².